The van der Waals surface area contributed by atoms with Gasteiger partial charge in [0.15, 0.2) is 0 Å². The molecule has 4 aromatic rings. The molecule has 34 heavy (non-hydrogen) atoms. The van der Waals surface area contributed by atoms with Gasteiger partial charge in [-0.1, -0.05) is 55.9 Å². The SMILES string of the molecule is COc1ccc(C(CNC(=O)CSc2cc(C)nc(C(C)C)n2)c2c[nH]c3ccccc23)cc1. The monoisotopic (exact) mass is 474 g/mol. The van der Waals surface area contributed by atoms with Crippen LogP contribution in [-0.2, 0) is 4.79 Å². The van der Waals surface area contributed by atoms with Crippen LogP contribution in [0.3, 0.4) is 0 Å². The molecule has 2 N–H and O–H groups in total. The summed E-state index contributed by atoms with van der Waals surface area (Å²) in [7, 11) is 1.66. The molecule has 0 radical (unpaired) electrons. The Morgan fingerprint density at radius 2 is 1.88 bits per heavy atom. The summed E-state index contributed by atoms with van der Waals surface area (Å²) in [5.74, 6) is 2.15. The van der Waals surface area contributed by atoms with E-state index in [2.05, 4.69) is 58.4 Å². The molecule has 2 aromatic heterocycles. The predicted molar refractivity (Wildman–Crippen MR) is 138 cm³/mol. The molecule has 0 aliphatic rings. The molecule has 2 heterocycles. The van der Waals surface area contributed by atoms with E-state index in [1.165, 1.54) is 11.8 Å². The first-order valence-corrected chi connectivity index (χ1v) is 12.4. The van der Waals surface area contributed by atoms with Crippen molar-refractivity contribution in [3.05, 3.63) is 83.4 Å². The molecular formula is C27H30N4O2S. The number of aromatic amines is 1. The molecule has 4 rings (SSSR count). The number of methoxy groups -OCH3 is 1. The number of aryl methyl sites for hydroxylation is 1. The molecule has 2 aromatic carbocycles. The van der Waals surface area contributed by atoms with Gasteiger partial charge in [-0.25, -0.2) is 9.97 Å². The third kappa shape index (κ3) is 5.59. The summed E-state index contributed by atoms with van der Waals surface area (Å²) in [6.45, 7) is 6.59. The van der Waals surface area contributed by atoms with E-state index in [9.17, 15) is 4.79 Å². The number of nitrogens with one attached hydrogen (secondary N) is 2. The third-order valence-electron chi connectivity index (χ3n) is 5.73. The van der Waals surface area contributed by atoms with Crippen LogP contribution in [0.4, 0.5) is 0 Å². The molecule has 176 valence electrons. The highest BCUT2D eigenvalue weighted by Crippen LogP contribution is 2.31. The number of fused-ring (bicyclic) bond motifs is 1. The number of carbonyl (C=O) groups is 1. The lowest BCUT2D eigenvalue weighted by atomic mass is 9.91. The first kappa shape index (κ1) is 23.8. The average molecular weight is 475 g/mol. The molecule has 0 spiro atoms. The Labute approximate surface area is 204 Å². The van der Waals surface area contributed by atoms with E-state index in [1.807, 2.05) is 43.5 Å². The molecule has 1 unspecified atom stereocenters. The lowest BCUT2D eigenvalue weighted by Gasteiger charge is -2.18. The molecule has 1 atom stereocenters. The number of rotatable bonds is 9. The van der Waals surface area contributed by atoms with Gasteiger partial charge in [0, 0.05) is 41.2 Å². The van der Waals surface area contributed by atoms with Gasteiger partial charge in [0.1, 0.15) is 16.6 Å². The van der Waals surface area contributed by atoms with Crippen molar-refractivity contribution >= 4 is 28.6 Å². The molecule has 0 aliphatic heterocycles. The van der Waals surface area contributed by atoms with E-state index >= 15 is 0 Å². The average Bonchev–Trinajstić information content (AvgIpc) is 3.27. The van der Waals surface area contributed by atoms with Crippen LogP contribution in [0.15, 0.2) is 65.8 Å². The molecule has 7 heteroatoms. The number of hydrogen-bond acceptors (Lipinski definition) is 5. The van der Waals surface area contributed by atoms with E-state index in [0.717, 1.165) is 44.3 Å². The van der Waals surface area contributed by atoms with E-state index in [0.29, 0.717) is 12.3 Å². The Hall–Kier alpha value is -3.32. The summed E-state index contributed by atoms with van der Waals surface area (Å²) in [6.07, 6.45) is 2.04. The molecule has 0 aliphatic carbocycles. The minimum atomic E-state index is -0.0225. The second-order valence-corrected chi connectivity index (χ2v) is 9.56. The number of hydrogen-bond donors (Lipinski definition) is 2. The van der Waals surface area contributed by atoms with Crippen molar-refractivity contribution in [3.8, 4) is 5.75 Å². The van der Waals surface area contributed by atoms with Gasteiger partial charge in [-0.15, -0.1) is 0 Å². The Morgan fingerprint density at radius 1 is 1.12 bits per heavy atom. The zero-order chi connectivity index (χ0) is 24.1. The zero-order valence-corrected chi connectivity index (χ0v) is 20.8. The number of para-hydroxylation sites is 1. The molecule has 0 fully saturated rings. The van der Waals surface area contributed by atoms with Gasteiger partial charge in [0.05, 0.1) is 12.9 Å². The largest absolute Gasteiger partial charge is 0.497 e. The van der Waals surface area contributed by atoms with Crippen molar-refractivity contribution in [2.24, 2.45) is 0 Å². The number of nitrogens with zero attached hydrogens (tertiary/aromatic N) is 2. The first-order valence-electron chi connectivity index (χ1n) is 11.4. The van der Waals surface area contributed by atoms with Gasteiger partial charge in [-0.3, -0.25) is 4.79 Å². The lowest BCUT2D eigenvalue weighted by molar-refractivity contribution is -0.118. The van der Waals surface area contributed by atoms with Gasteiger partial charge in [-0.2, -0.15) is 0 Å². The fourth-order valence-corrected chi connectivity index (χ4v) is 4.72. The normalized spacial score (nSPS) is 12.1. The summed E-state index contributed by atoms with van der Waals surface area (Å²) < 4.78 is 5.32. The van der Waals surface area contributed by atoms with Crippen LogP contribution in [-0.4, -0.2) is 40.3 Å². The van der Waals surface area contributed by atoms with Crippen LogP contribution in [0.2, 0.25) is 0 Å². The molecule has 0 bridgehead atoms. The van der Waals surface area contributed by atoms with Crippen molar-refractivity contribution in [1.29, 1.82) is 0 Å². The summed E-state index contributed by atoms with van der Waals surface area (Å²) in [6, 6.07) is 18.2. The van der Waals surface area contributed by atoms with Crippen molar-refractivity contribution in [1.82, 2.24) is 20.3 Å². The number of aromatic nitrogens is 3. The minimum absolute atomic E-state index is 0.00449. The van der Waals surface area contributed by atoms with Gasteiger partial charge >= 0.3 is 0 Å². The van der Waals surface area contributed by atoms with Crippen molar-refractivity contribution in [3.63, 3.8) is 0 Å². The number of thioether (sulfide) groups is 1. The fraction of sp³-hybridized carbons (Fsp3) is 0.296. The maximum atomic E-state index is 12.8. The van der Waals surface area contributed by atoms with Gasteiger partial charge < -0.3 is 15.0 Å². The van der Waals surface area contributed by atoms with Gasteiger partial charge in [0.25, 0.3) is 0 Å². The van der Waals surface area contributed by atoms with Crippen molar-refractivity contribution < 1.29 is 9.53 Å². The smallest absolute Gasteiger partial charge is 0.230 e. The summed E-state index contributed by atoms with van der Waals surface area (Å²) >= 11 is 1.44. The second kappa shape index (κ2) is 10.7. The molecule has 6 nitrogen and oxygen atoms in total. The highest BCUT2D eigenvalue weighted by atomic mass is 32.2. The van der Waals surface area contributed by atoms with Crippen LogP contribution >= 0.6 is 11.8 Å². The third-order valence-corrected chi connectivity index (χ3v) is 6.65. The number of amides is 1. The van der Waals surface area contributed by atoms with E-state index in [1.54, 1.807) is 7.11 Å². The maximum absolute atomic E-state index is 12.8. The minimum Gasteiger partial charge on any atom is -0.497 e. The van der Waals surface area contributed by atoms with E-state index in [-0.39, 0.29) is 17.7 Å². The Kier molecular flexibility index (Phi) is 7.53. The summed E-state index contributed by atoms with van der Waals surface area (Å²) in [5.41, 5.74) is 4.27. The fourth-order valence-electron chi connectivity index (χ4n) is 3.93. The van der Waals surface area contributed by atoms with Crippen LogP contribution in [0.1, 0.15) is 48.3 Å². The van der Waals surface area contributed by atoms with Crippen LogP contribution in [0.5, 0.6) is 5.75 Å². The highest BCUT2D eigenvalue weighted by molar-refractivity contribution is 7.99. The number of ether oxygens (including phenoxy) is 1. The summed E-state index contributed by atoms with van der Waals surface area (Å²) in [4.78, 5) is 25.2. The topological polar surface area (TPSA) is 79.9 Å². The van der Waals surface area contributed by atoms with Crippen molar-refractivity contribution in [2.45, 2.75) is 37.6 Å². The Bertz CT molecular complexity index is 1270. The lowest BCUT2D eigenvalue weighted by Crippen LogP contribution is -2.30. The zero-order valence-electron chi connectivity index (χ0n) is 20.0. The van der Waals surface area contributed by atoms with Crippen molar-refractivity contribution in [2.75, 3.05) is 19.4 Å². The molecule has 0 saturated carbocycles. The van der Waals surface area contributed by atoms with Crippen LogP contribution in [0.25, 0.3) is 10.9 Å². The number of carbonyl (C=O) groups excluding carboxylic acids is 1. The van der Waals surface area contributed by atoms with Crippen LogP contribution in [0, 0.1) is 6.92 Å². The van der Waals surface area contributed by atoms with E-state index in [4.69, 9.17) is 4.74 Å². The standard InChI is InChI=1S/C27H30N4O2S/c1-17(2)27-30-18(3)13-26(31-27)34-16-25(32)29-14-22(19-9-11-20(33-4)12-10-19)23-15-28-24-8-6-5-7-21(23)24/h5-13,15,17,22,28H,14,16H2,1-4H3,(H,29,32). The predicted octanol–water partition coefficient (Wildman–Crippen LogP) is 5.44. The summed E-state index contributed by atoms with van der Waals surface area (Å²) in [5, 5.41) is 5.12. The maximum Gasteiger partial charge on any atom is 0.230 e. The van der Waals surface area contributed by atoms with Gasteiger partial charge in [-0.05, 0) is 42.3 Å². The second-order valence-electron chi connectivity index (χ2n) is 8.57. The van der Waals surface area contributed by atoms with Gasteiger partial charge in [0.2, 0.25) is 5.91 Å². The van der Waals surface area contributed by atoms with Crippen LogP contribution < -0.4 is 10.1 Å². The Morgan fingerprint density at radius 3 is 2.62 bits per heavy atom. The number of benzene rings is 2. The quantitative estimate of drug-likeness (QED) is 0.249. The molecular weight excluding hydrogens is 444 g/mol. The Balaban J connectivity index is 1.49. The molecule has 1 amide bonds. The first-order chi connectivity index (χ1) is 16.4. The molecule has 0 saturated heterocycles. The van der Waals surface area contributed by atoms with E-state index < -0.39 is 0 Å². The number of H-pyrrole nitrogens is 1. The highest BCUT2D eigenvalue weighted by Gasteiger charge is 2.19.